The van der Waals surface area contributed by atoms with Gasteiger partial charge < -0.3 is 15.4 Å². The van der Waals surface area contributed by atoms with Crippen molar-refractivity contribution in [2.24, 2.45) is 0 Å². The number of aromatic nitrogens is 1. The van der Waals surface area contributed by atoms with Crippen LogP contribution in [-0.4, -0.2) is 24.5 Å². The fourth-order valence-electron chi connectivity index (χ4n) is 2.81. The van der Waals surface area contributed by atoms with Crippen LogP contribution in [0, 0.1) is 0 Å². The molecule has 2 N–H and O–H groups in total. The molecule has 0 aliphatic rings. The van der Waals surface area contributed by atoms with E-state index in [0.29, 0.717) is 30.2 Å². The third-order valence-corrected chi connectivity index (χ3v) is 4.49. The predicted molar refractivity (Wildman–Crippen MR) is 112 cm³/mol. The Kier molecular flexibility index (Phi) is 6.87. The van der Waals surface area contributed by atoms with E-state index in [0.717, 1.165) is 22.6 Å². The molecular formula is C22H22ClN3O2. The summed E-state index contributed by atoms with van der Waals surface area (Å²) in [7, 11) is 1.65. The number of para-hydroxylation sites is 1. The van der Waals surface area contributed by atoms with Crippen molar-refractivity contribution in [1.82, 2.24) is 10.3 Å². The molecule has 2 aromatic carbocycles. The van der Waals surface area contributed by atoms with Crippen molar-refractivity contribution in [3.8, 4) is 5.75 Å². The van der Waals surface area contributed by atoms with Gasteiger partial charge in [0.1, 0.15) is 11.4 Å². The number of anilines is 1. The highest BCUT2D eigenvalue weighted by Gasteiger charge is 2.08. The zero-order chi connectivity index (χ0) is 19.8. The van der Waals surface area contributed by atoms with Gasteiger partial charge in [-0.1, -0.05) is 41.9 Å². The van der Waals surface area contributed by atoms with Gasteiger partial charge in [-0.05, 0) is 42.3 Å². The monoisotopic (exact) mass is 395 g/mol. The zero-order valence-electron chi connectivity index (χ0n) is 15.6. The van der Waals surface area contributed by atoms with E-state index in [9.17, 15) is 4.79 Å². The standard InChI is InChI=1S/C22H22ClN3O2/c1-28-21-8-3-2-6-17(21)15-26-19-10-12-24-20(14-19)22(27)25-11-9-16-5-4-7-18(23)13-16/h2-8,10,12-14H,9,11,15H2,1H3,(H,24,26)(H,25,27). The summed E-state index contributed by atoms with van der Waals surface area (Å²) in [6.07, 6.45) is 2.33. The van der Waals surface area contributed by atoms with Crippen LogP contribution in [-0.2, 0) is 13.0 Å². The molecule has 6 heteroatoms. The van der Waals surface area contributed by atoms with E-state index >= 15 is 0 Å². The molecule has 0 bridgehead atoms. The molecular weight excluding hydrogens is 374 g/mol. The van der Waals surface area contributed by atoms with E-state index in [1.54, 1.807) is 19.4 Å². The first kappa shape index (κ1) is 19.7. The zero-order valence-corrected chi connectivity index (χ0v) is 16.4. The molecule has 0 spiro atoms. The summed E-state index contributed by atoms with van der Waals surface area (Å²) in [5.41, 5.74) is 3.30. The molecule has 0 saturated carbocycles. The highest BCUT2D eigenvalue weighted by Crippen LogP contribution is 2.19. The van der Waals surface area contributed by atoms with E-state index in [2.05, 4.69) is 15.6 Å². The number of hydrogen-bond donors (Lipinski definition) is 2. The number of nitrogens with zero attached hydrogens (tertiary/aromatic N) is 1. The molecule has 0 unspecified atom stereocenters. The highest BCUT2D eigenvalue weighted by molar-refractivity contribution is 6.30. The predicted octanol–water partition coefficient (Wildman–Crippen LogP) is 4.33. The fourth-order valence-corrected chi connectivity index (χ4v) is 3.03. The molecule has 0 aliphatic carbocycles. The Labute approximate surface area is 169 Å². The molecule has 0 fully saturated rings. The summed E-state index contributed by atoms with van der Waals surface area (Å²) in [5, 5.41) is 6.89. The first-order valence-corrected chi connectivity index (χ1v) is 9.38. The van der Waals surface area contributed by atoms with Crippen LogP contribution < -0.4 is 15.4 Å². The average molecular weight is 396 g/mol. The summed E-state index contributed by atoms with van der Waals surface area (Å²) in [5.74, 6) is 0.617. The Morgan fingerprint density at radius 2 is 1.96 bits per heavy atom. The van der Waals surface area contributed by atoms with Crippen LogP contribution in [0.15, 0.2) is 66.9 Å². The van der Waals surface area contributed by atoms with Gasteiger partial charge in [0, 0.05) is 35.6 Å². The summed E-state index contributed by atoms with van der Waals surface area (Å²) in [4.78, 5) is 16.6. The molecule has 3 aromatic rings. The minimum Gasteiger partial charge on any atom is -0.496 e. The largest absolute Gasteiger partial charge is 0.496 e. The number of halogens is 1. The normalized spacial score (nSPS) is 10.4. The van der Waals surface area contributed by atoms with Gasteiger partial charge in [0.15, 0.2) is 0 Å². The number of amides is 1. The van der Waals surface area contributed by atoms with Gasteiger partial charge in [-0.3, -0.25) is 9.78 Å². The van der Waals surface area contributed by atoms with Crippen molar-refractivity contribution in [3.63, 3.8) is 0 Å². The quantitative estimate of drug-likeness (QED) is 0.596. The van der Waals surface area contributed by atoms with Crippen LogP contribution in [0.5, 0.6) is 5.75 Å². The second-order valence-corrected chi connectivity index (χ2v) is 6.67. The second kappa shape index (κ2) is 9.76. The van der Waals surface area contributed by atoms with Gasteiger partial charge in [-0.2, -0.15) is 0 Å². The lowest BCUT2D eigenvalue weighted by atomic mass is 10.1. The van der Waals surface area contributed by atoms with E-state index < -0.39 is 0 Å². The van der Waals surface area contributed by atoms with Crippen molar-refractivity contribution in [2.45, 2.75) is 13.0 Å². The van der Waals surface area contributed by atoms with Gasteiger partial charge in [0.05, 0.1) is 7.11 Å². The SMILES string of the molecule is COc1ccccc1CNc1ccnc(C(=O)NCCc2cccc(Cl)c2)c1. The molecule has 144 valence electrons. The van der Waals surface area contributed by atoms with E-state index in [1.165, 1.54) is 0 Å². The topological polar surface area (TPSA) is 63.2 Å². The van der Waals surface area contributed by atoms with E-state index in [1.807, 2.05) is 54.6 Å². The number of pyridine rings is 1. The highest BCUT2D eigenvalue weighted by atomic mass is 35.5. The van der Waals surface area contributed by atoms with Crippen molar-refractivity contribution in [2.75, 3.05) is 19.0 Å². The first-order valence-electron chi connectivity index (χ1n) is 9.00. The molecule has 0 radical (unpaired) electrons. The third-order valence-electron chi connectivity index (χ3n) is 4.26. The van der Waals surface area contributed by atoms with Crippen molar-refractivity contribution >= 4 is 23.2 Å². The van der Waals surface area contributed by atoms with Crippen LogP contribution in [0.4, 0.5) is 5.69 Å². The number of ether oxygens (including phenoxy) is 1. The number of rotatable bonds is 8. The summed E-state index contributed by atoms with van der Waals surface area (Å²) >= 11 is 5.98. The second-order valence-electron chi connectivity index (χ2n) is 6.23. The number of nitrogens with one attached hydrogen (secondary N) is 2. The number of methoxy groups -OCH3 is 1. The molecule has 5 nitrogen and oxygen atoms in total. The fraction of sp³-hybridized carbons (Fsp3) is 0.182. The average Bonchev–Trinajstić information content (AvgIpc) is 2.72. The third kappa shape index (κ3) is 5.47. The molecule has 1 amide bonds. The van der Waals surface area contributed by atoms with Gasteiger partial charge in [-0.15, -0.1) is 0 Å². The Morgan fingerprint density at radius 1 is 1.11 bits per heavy atom. The van der Waals surface area contributed by atoms with Crippen LogP contribution in [0.1, 0.15) is 21.6 Å². The van der Waals surface area contributed by atoms with Crippen molar-refractivity contribution in [3.05, 3.63) is 88.7 Å². The maximum absolute atomic E-state index is 12.4. The van der Waals surface area contributed by atoms with Gasteiger partial charge in [-0.25, -0.2) is 0 Å². The van der Waals surface area contributed by atoms with Crippen LogP contribution in [0.25, 0.3) is 0 Å². The van der Waals surface area contributed by atoms with Crippen molar-refractivity contribution < 1.29 is 9.53 Å². The Balaban J connectivity index is 1.55. The molecule has 1 heterocycles. The Bertz CT molecular complexity index is 946. The lowest BCUT2D eigenvalue weighted by Gasteiger charge is -2.11. The minimum absolute atomic E-state index is 0.206. The smallest absolute Gasteiger partial charge is 0.269 e. The molecule has 0 saturated heterocycles. The van der Waals surface area contributed by atoms with E-state index in [-0.39, 0.29) is 5.91 Å². The summed E-state index contributed by atoms with van der Waals surface area (Å²) in [6.45, 7) is 1.10. The maximum Gasteiger partial charge on any atom is 0.269 e. The molecule has 3 rings (SSSR count). The van der Waals surface area contributed by atoms with Crippen molar-refractivity contribution in [1.29, 1.82) is 0 Å². The lowest BCUT2D eigenvalue weighted by Crippen LogP contribution is -2.26. The summed E-state index contributed by atoms with van der Waals surface area (Å²) < 4.78 is 5.36. The molecule has 1 aromatic heterocycles. The Morgan fingerprint density at radius 3 is 2.79 bits per heavy atom. The number of carbonyl (C=O) groups is 1. The first-order chi connectivity index (χ1) is 13.7. The summed E-state index contributed by atoms with van der Waals surface area (Å²) in [6, 6.07) is 19.0. The van der Waals surface area contributed by atoms with Gasteiger partial charge in [0.25, 0.3) is 5.91 Å². The van der Waals surface area contributed by atoms with Gasteiger partial charge in [0.2, 0.25) is 0 Å². The Hall–Kier alpha value is -3.05. The maximum atomic E-state index is 12.4. The number of hydrogen-bond acceptors (Lipinski definition) is 4. The molecule has 28 heavy (non-hydrogen) atoms. The number of benzene rings is 2. The number of carbonyl (C=O) groups excluding carboxylic acids is 1. The minimum atomic E-state index is -0.206. The molecule has 0 aliphatic heterocycles. The lowest BCUT2D eigenvalue weighted by molar-refractivity contribution is 0.0949. The molecule has 0 atom stereocenters. The van der Waals surface area contributed by atoms with Crippen LogP contribution >= 0.6 is 11.6 Å². The van der Waals surface area contributed by atoms with Gasteiger partial charge >= 0.3 is 0 Å². The van der Waals surface area contributed by atoms with Crippen LogP contribution in [0.2, 0.25) is 5.02 Å². The van der Waals surface area contributed by atoms with E-state index in [4.69, 9.17) is 16.3 Å². The van der Waals surface area contributed by atoms with Crippen LogP contribution in [0.3, 0.4) is 0 Å².